The number of aryl methyl sites for hydroxylation is 1. The Labute approximate surface area is 207 Å². The number of hydrogen-bond donors (Lipinski definition) is 3. The maximum atomic E-state index is 12.3. The van der Waals surface area contributed by atoms with Crippen molar-refractivity contribution in [3.05, 3.63) is 47.5 Å². The van der Waals surface area contributed by atoms with E-state index in [1.807, 2.05) is 43.3 Å². The third kappa shape index (κ3) is 8.10. The van der Waals surface area contributed by atoms with Gasteiger partial charge in [-0.3, -0.25) is 4.79 Å². The van der Waals surface area contributed by atoms with Gasteiger partial charge < -0.3 is 30.2 Å². The molecule has 0 unspecified atom stereocenters. The predicted octanol–water partition coefficient (Wildman–Crippen LogP) is 3.59. The lowest BCUT2D eigenvalue weighted by atomic mass is 10.1. The Morgan fingerprint density at radius 1 is 0.938 bits per heavy atom. The number of benzene rings is 2. The van der Waals surface area contributed by atoms with Gasteiger partial charge in [0.25, 0.3) is 0 Å². The molecule has 9 heteroatoms. The molecule has 8 nitrogen and oxygen atoms in total. The van der Waals surface area contributed by atoms with E-state index >= 15 is 0 Å². The molecular weight excluding hydrogens is 523 g/mol. The number of nitrogens with one attached hydrogen (secondary N) is 3. The van der Waals surface area contributed by atoms with Gasteiger partial charge in [0.1, 0.15) is 0 Å². The van der Waals surface area contributed by atoms with Gasteiger partial charge in [-0.05, 0) is 48.7 Å². The molecule has 0 radical (unpaired) electrons. The summed E-state index contributed by atoms with van der Waals surface area (Å²) in [6.07, 6.45) is 0.917. The molecule has 0 saturated carbocycles. The summed E-state index contributed by atoms with van der Waals surface area (Å²) in [5, 5.41) is 9.10. The summed E-state index contributed by atoms with van der Waals surface area (Å²) in [7, 11) is 4.71. The fourth-order valence-corrected chi connectivity index (χ4v) is 2.98. The van der Waals surface area contributed by atoms with Crippen LogP contribution in [0.5, 0.6) is 17.2 Å². The van der Waals surface area contributed by atoms with Crippen molar-refractivity contribution in [2.24, 2.45) is 4.99 Å². The number of amides is 1. The normalized spacial score (nSPS) is 10.6. The molecule has 0 aliphatic heterocycles. The third-order valence-corrected chi connectivity index (χ3v) is 4.52. The first-order chi connectivity index (χ1) is 15.0. The van der Waals surface area contributed by atoms with Crippen LogP contribution >= 0.6 is 24.0 Å². The number of anilines is 1. The van der Waals surface area contributed by atoms with Crippen molar-refractivity contribution < 1.29 is 19.0 Å². The molecule has 2 rings (SSSR count). The van der Waals surface area contributed by atoms with Crippen LogP contribution in [0.1, 0.15) is 25.0 Å². The van der Waals surface area contributed by atoms with Crippen molar-refractivity contribution in [2.45, 2.75) is 26.8 Å². The zero-order valence-corrected chi connectivity index (χ0v) is 21.6. The van der Waals surface area contributed by atoms with Gasteiger partial charge >= 0.3 is 0 Å². The summed E-state index contributed by atoms with van der Waals surface area (Å²) in [5.74, 6) is 2.06. The van der Waals surface area contributed by atoms with Crippen LogP contribution in [0.4, 0.5) is 5.69 Å². The molecule has 3 N–H and O–H groups in total. The highest BCUT2D eigenvalue weighted by molar-refractivity contribution is 14.0. The summed E-state index contributed by atoms with van der Waals surface area (Å²) >= 11 is 0. The molecule has 0 heterocycles. The largest absolute Gasteiger partial charge is 0.493 e. The standard InChI is InChI=1S/C23H32N4O4.HI/c1-6-16-9-8-10-18(11-16)27-21(28)15-26-23(24-7-2)25-14-17-12-19(29-3)22(31-5)20(13-17)30-4;/h8-13H,6-7,14-15H2,1-5H3,(H,27,28)(H2,24,25,26);1H. The highest BCUT2D eigenvalue weighted by atomic mass is 127. The van der Waals surface area contributed by atoms with Crippen molar-refractivity contribution in [2.75, 3.05) is 39.7 Å². The van der Waals surface area contributed by atoms with Crippen LogP contribution in [-0.4, -0.2) is 46.3 Å². The van der Waals surface area contributed by atoms with Gasteiger partial charge in [0.05, 0.1) is 34.4 Å². The lowest BCUT2D eigenvalue weighted by Gasteiger charge is -2.14. The molecule has 0 bridgehead atoms. The molecule has 2 aromatic rings. The van der Waals surface area contributed by atoms with Crippen molar-refractivity contribution in [3.63, 3.8) is 0 Å². The zero-order chi connectivity index (χ0) is 22.6. The Balaban J connectivity index is 0.00000512. The van der Waals surface area contributed by atoms with Gasteiger partial charge in [-0.25, -0.2) is 4.99 Å². The SMILES string of the molecule is CCNC(=NCc1cc(OC)c(OC)c(OC)c1)NCC(=O)Nc1cccc(CC)c1.I. The van der Waals surface area contributed by atoms with E-state index in [1.54, 1.807) is 21.3 Å². The predicted molar refractivity (Wildman–Crippen MR) is 139 cm³/mol. The quantitative estimate of drug-likeness (QED) is 0.236. The first kappa shape index (κ1) is 27.3. The second-order valence-electron chi connectivity index (χ2n) is 6.68. The van der Waals surface area contributed by atoms with E-state index in [-0.39, 0.29) is 36.4 Å². The van der Waals surface area contributed by atoms with Gasteiger partial charge in [-0.15, -0.1) is 24.0 Å². The molecule has 1 amide bonds. The van der Waals surface area contributed by atoms with Gasteiger partial charge in [0.15, 0.2) is 17.5 Å². The van der Waals surface area contributed by atoms with Crippen molar-refractivity contribution in [1.82, 2.24) is 10.6 Å². The number of hydrogen-bond acceptors (Lipinski definition) is 5. The van der Waals surface area contributed by atoms with E-state index < -0.39 is 0 Å². The number of carbonyl (C=O) groups is 1. The van der Waals surface area contributed by atoms with Crippen LogP contribution in [-0.2, 0) is 17.8 Å². The minimum Gasteiger partial charge on any atom is -0.493 e. The molecule has 0 atom stereocenters. The number of halogens is 1. The van der Waals surface area contributed by atoms with Crippen LogP contribution in [0.25, 0.3) is 0 Å². The highest BCUT2D eigenvalue weighted by Gasteiger charge is 2.13. The molecular formula is C23H33IN4O4. The molecule has 2 aromatic carbocycles. The second-order valence-corrected chi connectivity index (χ2v) is 6.68. The lowest BCUT2D eigenvalue weighted by Crippen LogP contribution is -2.41. The third-order valence-electron chi connectivity index (χ3n) is 4.52. The Bertz CT molecular complexity index is 880. The average molecular weight is 556 g/mol. The average Bonchev–Trinajstić information content (AvgIpc) is 2.80. The molecule has 32 heavy (non-hydrogen) atoms. The van der Waals surface area contributed by atoms with Gasteiger partial charge in [-0.1, -0.05) is 19.1 Å². The zero-order valence-electron chi connectivity index (χ0n) is 19.3. The fourth-order valence-electron chi connectivity index (χ4n) is 2.98. The van der Waals surface area contributed by atoms with E-state index in [4.69, 9.17) is 14.2 Å². The van der Waals surface area contributed by atoms with Crippen molar-refractivity contribution >= 4 is 41.5 Å². The first-order valence-electron chi connectivity index (χ1n) is 10.2. The number of methoxy groups -OCH3 is 3. The smallest absolute Gasteiger partial charge is 0.243 e. The Morgan fingerprint density at radius 2 is 1.62 bits per heavy atom. The van der Waals surface area contributed by atoms with E-state index in [9.17, 15) is 4.79 Å². The first-order valence-corrected chi connectivity index (χ1v) is 10.2. The summed E-state index contributed by atoms with van der Waals surface area (Å²) in [6, 6.07) is 11.5. The van der Waals surface area contributed by atoms with Gasteiger partial charge in [-0.2, -0.15) is 0 Å². The van der Waals surface area contributed by atoms with Gasteiger partial charge in [0.2, 0.25) is 11.7 Å². The van der Waals surface area contributed by atoms with Crippen LogP contribution in [0.3, 0.4) is 0 Å². The summed E-state index contributed by atoms with van der Waals surface area (Å²) in [6.45, 7) is 5.17. The molecule has 0 spiro atoms. The summed E-state index contributed by atoms with van der Waals surface area (Å²) < 4.78 is 16.1. The summed E-state index contributed by atoms with van der Waals surface area (Å²) in [5.41, 5.74) is 2.84. The van der Waals surface area contributed by atoms with E-state index in [2.05, 4.69) is 27.9 Å². The second kappa shape index (κ2) is 14.4. The van der Waals surface area contributed by atoms with Crippen LogP contribution in [0, 0.1) is 0 Å². The monoisotopic (exact) mass is 556 g/mol. The van der Waals surface area contributed by atoms with Crippen molar-refractivity contribution in [3.8, 4) is 17.2 Å². The fraction of sp³-hybridized carbons (Fsp3) is 0.391. The van der Waals surface area contributed by atoms with Crippen molar-refractivity contribution in [1.29, 1.82) is 0 Å². The topological polar surface area (TPSA) is 93.2 Å². The number of carbonyl (C=O) groups excluding carboxylic acids is 1. The maximum Gasteiger partial charge on any atom is 0.243 e. The Morgan fingerprint density at radius 3 is 2.19 bits per heavy atom. The van der Waals surface area contributed by atoms with Crippen LogP contribution < -0.4 is 30.2 Å². The van der Waals surface area contributed by atoms with Crippen LogP contribution in [0.15, 0.2) is 41.4 Å². The molecule has 0 aliphatic rings. The molecule has 0 fully saturated rings. The minimum absolute atomic E-state index is 0. The Hall–Kier alpha value is -2.69. The number of ether oxygens (including phenoxy) is 3. The molecule has 0 saturated heterocycles. The van der Waals surface area contributed by atoms with Gasteiger partial charge in [0, 0.05) is 12.2 Å². The Kier molecular flexibility index (Phi) is 12.3. The number of guanidine groups is 1. The molecule has 176 valence electrons. The minimum atomic E-state index is -0.147. The van der Waals surface area contributed by atoms with E-state index in [0.29, 0.717) is 36.3 Å². The van der Waals surface area contributed by atoms with E-state index in [1.165, 1.54) is 5.56 Å². The number of rotatable bonds is 10. The molecule has 0 aliphatic carbocycles. The number of nitrogens with zero attached hydrogens (tertiary/aromatic N) is 1. The molecule has 0 aromatic heterocycles. The lowest BCUT2D eigenvalue weighted by molar-refractivity contribution is -0.115. The highest BCUT2D eigenvalue weighted by Crippen LogP contribution is 2.38. The maximum absolute atomic E-state index is 12.3. The summed E-state index contributed by atoms with van der Waals surface area (Å²) in [4.78, 5) is 16.9. The van der Waals surface area contributed by atoms with Crippen LogP contribution in [0.2, 0.25) is 0 Å². The van der Waals surface area contributed by atoms with E-state index in [0.717, 1.165) is 17.7 Å². The number of aliphatic imine (C=N–C) groups is 1.